The van der Waals surface area contributed by atoms with E-state index < -0.39 is 0 Å². The molecule has 0 fully saturated rings. The van der Waals surface area contributed by atoms with Crippen LogP contribution in [0.5, 0.6) is 5.75 Å². The minimum atomic E-state index is -0.170. The highest BCUT2D eigenvalue weighted by Crippen LogP contribution is 2.36. The Morgan fingerprint density at radius 1 is 1.29 bits per heavy atom. The topological polar surface area (TPSA) is 63.2 Å². The van der Waals surface area contributed by atoms with E-state index in [4.69, 9.17) is 4.74 Å². The standard InChI is InChI=1S/C21H21N3O2S.ClH/c1-2-26-18-11-19(14-6-4-3-5-7-14)27-20(18)21(25)24-16-10-15-12-22-9-8-17(15)23-13-16;/h3-7,10-11,13,22H,2,8-9,12H2,1H3,(H,24,25);1H. The highest BCUT2D eigenvalue weighted by Gasteiger charge is 2.19. The van der Waals surface area contributed by atoms with Crippen LogP contribution < -0.4 is 15.4 Å². The molecule has 146 valence electrons. The van der Waals surface area contributed by atoms with Gasteiger partial charge in [0.05, 0.1) is 18.5 Å². The van der Waals surface area contributed by atoms with Crippen LogP contribution in [0.25, 0.3) is 10.4 Å². The maximum atomic E-state index is 12.9. The zero-order valence-electron chi connectivity index (χ0n) is 15.5. The molecule has 3 heterocycles. The van der Waals surface area contributed by atoms with E-state index in [2.05, 4.69) is 15.6 Å². The zero-order chi connectivity index (χ0) is 18.6. The molecule has 28 heavy (non-hydrogen) atoms. The number of hydrogen-bond acceptors (Lipinski definition) is 5. The fraction of sp³-hybridized carbons (Fsp3) is 0.238. The van der Waals surface area contributed by atoms with Gasteiger partial charge in [-0.1, -0.05) is 30.3 Å². The molecule has 2 aromatic heterocycles. The van der Waals surface area contributed by atoms with Gasteiger partial charge in [0.1, 0.15) is 10.6 Å². The SMILES string of the molecule is CCOc1cc(-c2ccccc2)sc1C(=O)Nc1cnc2c(c1)CNCC2.Cl. The number of fused-ring (bicyclic) bond motifs is 1. The summed E-state index contributed by atoms with van der Waals surface area (Å²) in [5.41, 5.74) is 4.02. The average molecular weight is 416 g/mol. The van der Waals surface area contributed by atoms with E-state index in [1.807, 2.05) is 49.4 Å². The predicted octanol–water partition coefficient (Wildman–Crippen LogP) is 4.53. The van der Waals surface area contributed by atoms with Gasteiger partial charge in [-0.25, -0.2) is 0 Å². The van der Waals surface area contributed by atoms with Crippen LogP contribution in [-0.4, -0.2) is 24.0 Å². The van der Waals surface area contributed by atoms with Gasteiger partial charge in [-0.3, -0.25) is 9.78 Å². The van der Waals surface area contributed by atoms with Crippen LogP contribution >= 0.6 is 23.7 Å². The van der Waals surface area contributed by atoms with E-state index in [0.717, 1.165) is 41.2 Å². The molecule has 0 atom stereocenters. The Kier molecular flexibility index (Phi) is 6.67. The molecule has 1 aliphatic heterocycles. The maximum absolute atomic E-state index is 12.9. The molecular weight excluding hydrogens is 394 g/mol. The molecule has 0 spiro atoms. The third-order valence-corrected chi connectivity index (χ3v) is 5.60. The quantitative estimate of drug-likeness (QED) is 0.642. The molecule has 2 N–H and O–H groups in total. The van der Waals surface area contributed by atoms with E-state index in [0.29, 0.717) is 22.9 Å². The molecule has 0 unspecified atom stereocenters. The second kappa shape index (κ2) is 9.19. The largest absolute Gasteiger partial charge is 0.492 e. The van der Waals surface area contributed by atoms with Gasteiger partial charge in [-0.05, 0) is 30.2 Å². The Morgan fingerprint density at radius 3 is 2.89 bits per heavy atom. The number of thiophene rings is 1. The van der Waals surface area contributed by atoms with Crippen molar-refractivity contribution in [1.29, 1.82) is 0 Å². The van der Waals surface area contributed by atoms with Crippen LogP contribution in [0, 0.1) is 0 Å². The fourth-order valence-electron chi connectivity index (χ4n) is 3.14. The molecule has 5 nitrogen and oxygen atoms in total. The number of halogens is 1. The average Bonchev–Trinajstić information content (AvgIpc) is 3.13. The summed E-state index contributed by atoms with van der Waals surface area (Å²) in [5.74, 6) is 0.447. The monoisotopic (exact) mass is 415 g/mol. The number of rotatable bonds is 5. The highest BCUT2D eigenvalue weighted by molar-refractivity contribution is 7.17. The molecule has 3 aromatic rings. The first kappa shape index (κ1) is 20.3. The van der Waals surface area contributed by atoms with Crippen molar-refractivity contribution < 1.29 is 9.53 Å². The number of carbonyl (C=O) groups is 1. The molecule has 1 aliphatic rings. The second-order valence-electron chi connectivity index (χ2n) is 6.31. The van der Waals surface area contributed by atoms with E-state index in [9.17, 15) is 4.79 Å². The van der Waals surface area contributed by atoms with E-state index in [1.54, 1.807) is 6.20 Å². The number of benzene rings is 1. The zero-order valence-corrected chi connectivity index (χ0v) is 17.2. The van der Waals surface area contributed by atoms with Crippen molar-refractivity contribution in [3.63, 3.8) is 0 Å². The van der Waals surface area contributed by atoms with Gasteiger partial charge in [0.25, 0.3) is 5.91 Å². The normalized spacial score (nSPS) is 12.6. The molecule has 0 radical (unpaired) electrons. The minimum absolute atomic E-state index is 0. The molecule has 0 saturated heterocycles. The van der Waals surface area contributed by atoms with Crippen LogP contribution in [0.4, 0.5) is 5.69 Å². The van der Waals surface area contributed by atoms with Gasteiger partial charge in [-0.2, -0.15) is 0 Å². The van der Waals surface area contributed by atoms with E-state index >= 15 is 0 Å². The van der Waals surface area contributed by atoms with Crippen molar-refractivity contribution in [3.05, 3.63) is 64.8 Å². The van der Waals surface area contributed by atoms with Gasteiger partial charge < -0.3 is 15.4 Å². The summed E-state index contributed by atoms with van der Waals surface area (Å²) < 4.78 is 5.71. The summed E-state index contributed by atoms with van der Waals surface area (Å²) in [5, 5.41) is 6.30. The number of aromatic nitrogens is 1. The predicted molar refractivity (Wildman–Crippen MR) is 116 cm³/mol. The van der Waals surface area contributed by atoms with Gasteiger partial charge in [0, 0.05) is 30.1 Å². The van der Waals surface area contributed by atoms with Crippen LogP contribution in [-0.2, 0) is 13.0 Å². The molecule has 4 rings (SSSR count). The van der Waals surface area contributed by atoms with Gasteiger partial charge >= 0.3 is 0 Å². The number of ether oxygens (including phenoxy) is 1. The Balaban J connectivity index is 0.00000225. The highest BCUT2D eigenvalue weighted by atomic mass is 35.5. The molecule has 1 aromatic carbocycles. The lowest BCUT2D eigenvalue weighted by Gasteiger charge is -2.17. The van der Waals surface area contributed by atoms with Gasteiger partial charge in [0.2, 0.25) is 0 Å². The van der Waals surface area contributed by atoms with Gasteiger partial charge in [0.15, 0.2) is 0 Å². The summed E-state index contributed by atoms with van der Waals surface area (Å²) >= 11 is 1.44. The number of amides is 1. The first-order chi connectivity index (χ1) is 13.2. The van der Waals surface area contributed by atoms with Crippen molar-refractivity contribution in [1.82, 2.24) is 10.3 Å². The molecule has 0 aliphatic carbocycles. The number of nitrogens with one attached hydrogen (secondary N) is 2. The molecular formula is C21H22ClN3O2S. The van der Waals surface area contributed by atoms with Crippen molar-refractivity contribution >= 4 is 35.3 Å². The van der Waals surface area contributed by atoms with Crippen LogP contribution in [0.1, 0.15) is 27.9 Å². The molecule has 0 saturated carbocycles. The van der Waals surface area contributed by atoms with E-state index in [1.165, 1.54) is 11.3 Å². The number of carbonyl (C=O) groups excluding carboxylic acids is 1. The summed E-state index contributed by atoms with van der Waals surface area (Å²) in [4.78, 5) is 19.0. The van der Waals surface area contributed by atoms with Crippen molar-refractivity contribution in [2.45, 2.75) is 19.9 Å². The third kappa shape index (κ3) is 4.35. The van der Waals surface area contributed by atoms with Crippen LogP contribution in [0.3, 0.4) is 0 Å². The Bertz CT molecular complexity index is 960. The number of anilines is 1. The van der Waals surface area contributed by atoms with Crippen molar-refractivity contribution in [2.75, 3.05) is 18.5 Å². The van der Waals surface area contributed by atoms with Gasteiger partial charge in [-0.15, -0.1) is 23.7 Å². The summed E-state index contributed by atoms with van der Waals surface area (Å²) in [6.07, 6.45) is 2.65. The smallest absolute Gasteiger partial charge is 0.269 e. The Labute approximate surface area is 174 Å². The summed E-state index contributed by atoms with van der Waals surface area (Å²) in [6, 6.07) is 14.0. The number of hydrogen-bond donors (Lipinski definition) is 2. The Hall–Kier alpha value is -2.41. The summed E-state index contributed by atoms with van der Waals surface area (Å²) in [6.45, 7) is 4.16. The summed E-state index contributed by atoms with van der Waals surface area (Å²) in [7, 11) is 0. The van der Waals surface area contributed by atoms with Crippen molar-refractivity contribution in [2.24, 2.45) is 0 Å². The molecule has 1 amide bonds. The van der Waals surface area contributed by atoms with Crippen LogP contribution in [0.2, 0.25) is 0 Å². The first-order valence-electron chi connectivity index (χ1n) is 9.06. The van der Waals surface area contributed by atoms with Crippen molar-refractivity contribution in [3.8, 4) is 16.2 Å². The van der Waals surface area contributed by atoms with E-state index in [-0.39, 0.29) is 18.3 Å². The molecule has 0 bridgehead atoms. The number of pyridine rings is 1. The first-order valence-corrected chi connectivity index (χ1v) is 9.88. The fourth-order valence-corrected chi connectivity index (χ4v) is 4.14. The second-order valence-corrected chi connectivity index (χ2v) is 7.37. The number of nitrogens with zero attached hydrogens (tertiary/aromatic N) is 1. The Morgan fingerprint density at radius 2 is 2.11 bits per heavy atom. The maximum Gasteiger partial charge on any atom is 0.269 e. The van der Waals surface area contributed by atoms with Crippen LogP contribution in [0.15, 0.2) is 48.7 Å². The molecule has 7 heteroatoms. The lowest BCUT2D eigenvalue weighted by molar-refractivity contribution is 0.102. The minimum Gasteiger partial charge on any atom is -0.492 e. The third-order valence-electron chi connectivity index (χ3n) is 4.43. The lowest BCUT2D eigenvalue weighted by Crippen LogP contribution is -2.24. The lowest BCUT2D eigenvalue weighted by atomic mass is 10.1.